The molecule has 1 aliphatic carbocycles. The van der Waals surface area contributed by atoms with Crippen LogP contribution in [0, 0.1) is 0 Å². The lowest BCUT2D eigenvalue weighted by atomic mass is 9.83. The van der Waals surface area contributed by atoms with Gasteiger partial charge >= 0.3 is 7.60 Å². The Morgan fingerprint density at radius 3 is 2.45 bits per heavy atom. The highest BCUT2D eigenvalue weighted by molar-refractivity contribution is 7.54. The molecule has 0 bridgehead atoms. The minimum absolute atomic E-state index is 0.109. The van der Waals surface area contributed by atoms with Gasteiger partial charge in [0.1, 0.15) is 11.7 Å². The van der Waals surface area contributed by atoms with E-state index in [4.69, 9.17) is 14.2 Å². The number of rotatable bonds is 8. The Morgan fingerprint density at radius 2 is 1.79 bits per heavy atom. The van der Waals surface area contributed by atoms with Crippen molar-refractivity contribution in [1.29, 1.82) is 0 Å². The Morgan fingerprint density at radius 1 is 1.10 bits per heavy atom. The Bertz CT molecular complexity index is 746. The lowest BCUT2D eigenvalue weighted by molar-refractivity contribution is -0.0746. The first-order valence-corrected chi connectivity index (χ1v) is 12.7. The van der Waals surface area contributed by atoms with Crippen molar-refractivity contribution in [1.82, 2.24) is 9.91 Å². The van der Waals surface area contributed by atoms with Crippen LogP contribution in [-0.2, 0) is 13.6 Å². The molecule has 8 heteroatoms. The second kappa shape index (κ2) is 8.84. The summed E-state index contributed by atoms with van der Waals surface area (Å²) in [6.07, 6.45) is 6.67. The molecule has 0 radical (unpaired) electrons. The molecule has 1 aromatic rings. The van der Waals surface area contributed by atoms with E-state index >= 15 is 0 Å². The van der Waals surface area contributed by atoms with E-state index in [9.17, 15) is 4.57 Å². The fraction of sp³-hybridized carbons (Fsp3) is 0.714. The van der Waals surface area contributed by atoms with Gasteiger partial charge in [-0.2, -0.15) is 5.11 Å². The summed E-state index contributed by atoms with van der Waals surface area (Å²) in [4.78, 5) is 2.54. The maximum atomic E-state index is 14.1. The zero-order valence-corrected chi connectivity index (χ0v) is 18.5. The topological polar surface area (TPSA) is 66.7 Å². The summed E-state index contributed by atoms with van der Waals surface area (Å²) in [5, 5.41) is 11.4. The van der Waals surface area contributed by atoms with Crippen LogP contribution in [0.4, 0.5) is 0 Å². The van der Waals surface area contributed by atoms with Crippen molar-refractivity contribution in [2.24, 2.45) is 10.3 Å². The van der Waals surface area contributed by atoms with E-state index in [-0.39, 0.29) is 11.7 Å². The average molecular weight is 420 g/mol. The molecule has 0 N–H and O–H groups in total. The van der Waals surface area contributed by atoms with Crippen LogP contribution in [-0.4, -0.2) is 47.9 Å². The van der Waals surface area contributed by atoms with E-state index in [1.54, 1.807) is 0 Å². The molecule has 29 heavy (non-hydrogen) atoms. The highest BCUT2D eigenvalue weighted by Gasteiger charge is 2.60. The highest BCUT2D eigenvalue weighted by Crippen LogP contribution is 2.65. The molecule has 3 aliphatic rings. The van der Waals surface area contributed by atoms with Gasteiger partial charge in [0, 0.05) is 13.1 Å². The fourth-order valence-corrected chi connectivity index (χ4v) is 7.36. The van der Waals surface area contributed by atoms with E-state index in [0.717, 1.165) is 44.3 Å². The number of hydrogen-bond acceptors (Lipinski definition) is 7. The van der Waals surface area contributed by atoms with Crippen LogP contribution in [0.25, 0.3) is 0 Å². The van der Waals surface area contributed by atoms with Crippen molar-refractivity contribution in [2.75, 3.05) is 26.3 Å². The van der Waals surface area contributed by atoms with E-state index < -0.39 is 13.4 Å². The van der Waals surface area contributed by atoms with E-state index in [2.05, 4.69) is 10.1 Å². The van der Waals surface area contributed by atoms with Gasteiger partial charge in [0.05, 0.1) is 13.2 Å². The third-order valence-electron chi connectivity index (χ3n) is 6.39. The third-order valence-corrected chi connectivity index (χ3v) is 8.74. The molecule has 0 aromatic heterocycles. The van der Waals surface area contributed by atoms with E-state index in [0.29, 0.717) is 13.2 Å². The summed E-state index contributed by atoms with van der Waals surface area (Å²) in [5.74, 6) is -0.601. The molecule has 1 saturated heterocycles. The molecular formula is C21H33N4O3P. The first-order chi connectivity index (χ1) is 14.2. The summed E-state index contributed by atoms with van der Waals surface area (Å²) in [6, 6.07) is 10.0. The molecule has 1 aromatic carbocycles. The minimum Gasteiger partial charge on any atom is -0.307 e. The van der Waals surface area contributed by atoms with Crippen molar-refractivity contribution < 1.29 is 13.6 Å². The van der Waals surface area contributed by atoms with Gasteiger partial charge in [-0.05, 0) is 51.5 Å². The molecule has 3 atom stereocenters. The Hall–Kier alpha value is -1.27. The quantitative estimate of drug-likeness (QED) is 0.529. The zero-order chi connectivity index (χ0) is 20.3. The Balaban J connectivity index is 1.82. The molecule has 160 valence electrons. The molecule has 1 saturated carbocycles. The van der Waals surface area contributed by atoms with Gasteiger partial charge in [-0.25, -0.2) is 5.01 Å². The number of nitrogens with zero attached hydrogens (tertiary/aromatic N) is 4. The summed E-state index contributed by atoms with van der Waals surface area (Å²) < 4.78 is 25.8. The molecule has 2 aliphatic heterocycles. The predicted molar refractivity (Wildman–Crippen MR) is 113 cm³/mol. The molecule has 4 rings (SSSR count). The van der Waals surface area contributed by atoms with Crippen molar-refractivity contribution in [3.05, 3.63) is 35.9 Å². The monoisotopic (exact) mass is 420 g/mol. The van der Waals surface area contributed by atoms with Crippen LogP contribution in [0.5, 0.6) is 0 Å². The lowest BCUT2D eigenvalue weighted by Crippen LogP contribution is -2.63. The molecule has 0 spiro atoms. The van der Waals surface area contributed by atoms with Crippen LogP contribution in [0.2, 0.25) is 0 Å². The maximum Gasteiger partial charge on any atom is 0.359 e. The summed E-state index contributed by atoms with van der Waals surface area (Å²) in [7, 11) is -3.50. The van der Waals surface area contributed by atoms with Gasteiger partial charge in [0.25, 0.3) is 0 Å². The van der Waals surface area contributed by atoms with Crippen LogP contribution >= 0.6 is 7.60 Å². The fourth-order valence-electron chi connectivity index (χ4n) is 5.23. The highest BCUT2D eigenvalue weighted by atomic mass is 31.2. The standard InChI is InChI=1S/C21H33N4O3P/c1-3-27-29(26,28-4-2)20(18-12-6-5-7-13-18)25-21(24-16-10-11-17-24)15-9-8-14-19(21)22-23-25/h5-7,12-13,19-20H,3-4,8-11,14-17H2,1-2H3. The van der Waals surface area contributed by atoms with Crippen LogP contribution in [0.1, 0.15) is 63.7 Å². The summed E-state index contributed by atoms with van der Waals surface area (Å²) in [5.41, 5.74) is 0.570. The Kier molecular flexibility index (Phi) is 6.40. The number of likely N-dealkylation sites (tertiary alicyclic amines) is 1. The summed E-state index contributed by atoms with van der Waals surface area (Å²) in [6.45, 7) is 6.44. The molecule has 2 fully saturated rings. The van der Waals surface area contributed by atoms with E-state index in [1.807, 2.05) is 49.2 Å². The van der Waals surface area contributed by atoms with Crippen molar-refractivity contribution >= 4 is 7.60 Å². The SMILES string of the molecule is CCOP(=O)(OCC)C(c1ccccc1)N1N=NC2CCCCC21N1CCCC1. The predicted octanol–water partition coefficient (Wildman–Crippen LogP) is 5.37. The molecular weight excluding hydrogens is 387 g/mol. The van der Waals surface area contributed by atoms with Gasteiger partial charge in [-0.3, -0.25) is 9.46 Å². The van der Waals surface area contributed by atoms with Crippen molar-refractivity contribution in [3.8, 4) is 0 Å². The first kappa shape index (κ1) is 21.0. The largest absolute Gasteiger partial charge is 0.359 e. The molecule has 2 heterocycles. The molecule has 7 nitrogen and oxygen atoms in total. The number of fused-ring (bicyclic) bond motifs is 1. The second-order valence-electron chi connectivity index (χ2n) is 8.04. The van der Waals surface area contributed by atoms with Crippen molar-refractivity contribution in [2.45, 2.75) is 69.9 Å². The van der Waals surface area contributed by atoms with Gasteiger partial charge in [-0.1, -0.05) is 42.0 Å². The smallest absolute Gasteiger partial charge is 0.307 e. The van der Waals surface area contributed by atoms with Crippen LogP contribution < -0.4 is 0 Å². The minimum atomic E-state index is -3.50. The molecule has 0 amide bonds. The Labute approximate surface area is 174 Å². The first-order valence-electron chi connectivity index (χ1n) is 11.0. The lowest BCUT2D eigenvalue weighted by Gasteiger charge is -2.51. The molecule has 3 unspecified atom stereocenters. The van der Waals surface area contributed by atoms with Crippen LogP contribution in [0.15, 0.2) is 40.7 Å². The summed E-state index contributed by atoms with van der Waals surface area (Å²) >= 11 is 0. The van der Waals surface area contributed by atoms with Crippen LogP contribution in [0.3, 0.4) is 0 Å². The number of benzene rings is 1. The average Bonchev–Trinajstić information content (AvgIpc) is 3.39. The second-order valence-corrected chi connectivity index (χ2v) is 10.1. The van der Waals surface area contributed by atoms with Crippen molar-refractivity contribution in [3.63, 3.8) is 0 Å². The third kappa shape index (κ3) is 3.67. The van der Waals surface area contributed by atoms with Gasteiger partial charge in [0.15, 0.2) is 5.78 Å². The van der Waals surface area contributed by atoms with Gasteiger partial charge in [-0.15, -0.1) is 0 Å². The van der Waals surface area contributed by atoms with Gasteiger partial charge < -0.3 is 9.05 Å². The number of hydrogen-bond donors (Lipinski definition) is 0. The normalized spacial score (nSPS) is 28.6. The maximum absolute atomic E-state index is 14.1. The van der Waals surface area contributed by atoms with Gasteiger partial charge in [0.2, 0.25) is 0 Å². The van der Waals surface area contributed by atoms with E-state index in [1.165, 1.54) is 12.8 Å². The zero-order valence-electron chi connectivity index (χ0n) is 17.6.